The van der Waals surface area contributed by atoms with Crippen molar-refractivity contribution in [2.75, 3.05) is 6.61 Å². The number of aromatic nitrogens is 4. The molecule has 0 atom stereocenters. The highest BCUT2D eigenvalue weighted by atomic mass is 32.1. The van der Waals surface area contributed by atoms with E-state index in [0.717, 1.165) is 34.9 Å². The molecule has 1 amide bonds. The third kappa shape index (κ3) is 3.79. The molecular weight excluding hydrogens is 400 g/mol. The van der Waals surface area contributed by atoms with E-state index in [9.17, 15) is 4.79 Å². The van der Waals surface area contributed by atoms with Crippen LogP contribution in [0.25, 0.3) is 16.1 Å². The largest absolute Gasteiger partial charge is 0.493 e. The molecule has 2 aromatic heterocycles. The van der Waals surface area contributed by atoms with E-state index in [1.165, 1.54) is 16.9 Å². The summed E-state index contributed by atoms with van der Waals surface area (Å²) in [5.74, 6) is 1.87. The highest BCUT2D eigenvalue weighted by Crippen LogP contribution is 2.31. The first-order valence-corrected chi connectivity index (χ1v) is 10.4. The highest BCUT2D eigenvalue weighted by Gasteiger charge is 2.16. The molecule has 0 bridgehead atoms. The predicted octanol–water partition coefficient (Wildman–Crippen LogP) is 3.16. The van der Waals surface area contributed by atoms with Crippen molar-refractivity contribution < 1.29 is 9.53 Å². The zero-order valence-corrected chi connectivity index (χ0v) is 16.8. The number of nitrogens with zero attached hydrogens (tertiary/aromatic N) is 4. The molecule has 150 valence electrons. The Morgan fingerprint density at radius 2 is 2.27 bits per heavy atom. The summed E-state index contributed by atoms with van der Waals surface area (Å²) in [6, 6.07) is 6.02. The minimum atomic E-state index is -0.247. The van der Waals surface area contributed by atoms with E-state index in [4.69, 9.17) is 4.74 Å². The van der Waals surface area contributed by atoms with Gasteiger partial charge in [-0.2, -0.15) is 5.10 Å². The van der Waals surface area contributed by atoms with Crippen molar-refractivity contribution in [3.8, 4) is 16.3 Å². The summed E-state index contributed by atoms with van der Waals surface area (Å²) in [4.78, 5) is 25.5. The minimum absolute atomic E-state index is 0.242. The van der Waals surface area contributed by atoms with Gasteiger partial charge in [0, 0.05) is 35.4 Å². The van der Waals surface area contributed by atoms with Gasteiger partial charge in [0.05, 0.1) is 13.2 Å². The number of fused-ring (bicyclic) bond motifs is 1. The molecule has 2 N–H and O–H groups in total. The third-order valence-corrected chi connectivity index (χ3v) is 5.69. The summed E-state index contributed by atoms with van der Waals surface area (Å²) in [6.45, 7) is 0.960. The third-order valence-electron chi connectivity index (χ3n) is 4.80. The Balaban J connectivity index is 1.23. The molecule has 1 aromatic carbocycles. The smallest absolute Gasteiger partial charge is 0.271 e. The summed E-state index contributed by atoms with van der Waals surface area (Å²) < 4.78 is 5.55. The maximum atomic E-state index is 12.5. The standard InChI is InChI=1S/C21H18N6O2S/c28-20(23-11-18-25-19(27-26-18)13-2-1-7-22-8-5-13)16-12-30-21(24-16)15-3-4-17-14(10-15)6-9-29-17/h1,3-5,7-8,10,12H,2,6,9,11H2,(H,23,28)(H,25,26,27). The average molecular weight is 418 g/mol. The number of aromatic amines is 1. The number of hydrogen-bond donors (Lipinski definition) is 2. The lowest BCUT2D eigenvalue weighted by molar-refractivity contribution is 0.0945. The number of aliphatic imine (C=N–C) groups is 1. The zero-order chi connectivity index (χ0) is 20.3. The number of carbonyl (C=O) groups is 1. The van der Waals surface area contributed by atoms with Gasteiger partial charge in [0.15, 0.2) is 5.82 Å². The van der Waals surface area contributed by atoms with E-state index < -0.39 is 0 Å². The molecule has 30 heavy (non-hydrogen) atoms. The maximum Gasteiger partial charge on any atom is 0.271 e. The van der Waals surface area contributed by atoms with Crippen LogP contribution in [0, 0.1) is 0 Å². The topological polar surface area (TPSA) is 105 Å². The average Bonchev–Trinajstić information content (AvgIpc) is 3.49. The van der Waals surface area contributed by atoms with Crippen LogP contribution in [0.1, 0.15) is 34.1 Å². The van der Waals surface area contributed by atoms with Gasteiger partial charge in [0.25, 0.3) is 5.91 Å². The highest BCUT2D eigenvalue weighted by molar-refractivity contribution is 7.13. The van der Waals surface area contributed by atoms with Crippen LogP contribution in [0.4, 0.5) is 0 Å². The van der Waals surface area contributed by atoms with Gasteiger partial charge in [-0.1, -0.05) is 6.08 Å². The van der Waals surface area contributed by atoms with Crippen LogP contribution in [0.5, 0.6) is 5.75 Å². The molecule has 8 nitrogen and oxygen atoms in total. The molecule has 0 radical (unpaired) electrons. The molecule has 0 saturated heterocycles. The van der Waals surface area contributed by atoms with Crippen molar-refractivity contribution in [2.24, 2.45) is 4.99 Å². The first kappa shape index (κ1) is 18.4. The summed E-state index contributed by atoms with van der Waals surface area (Å²) >= 11 is 1.45. The van der Waals surface area contributed by atoms with Crippen LogP contribution >= 0.6 is 11.3 Å². The Morgan fingerprint density at radius 1 is 1.30 bits per heavy atom. The van der Waals surface area contributed by atoms with Crippen molar-refractivity contribution in [3.63, 3.8) is 0 Å². The molecular formula is C21H18N6O2S. The van der Waals surface area contributed by atoms with Gasteiger partial charge >= 0.3 is 0 Å². The quantitative estimate of drug-likeness (QED) is 0.662. The fraction of sp³-hybridized carbons (Fsp3) is 0.190. The normalized spacial score (nSPS) is 14.7. The number of amides is 1. The molecule has 0 fully saturated rings. The van der Waals surface area contributed by atoms with Crippen LogP contribution < -0.4 is 10.1 Å². The number of thiazole rings is 1. The number of rotatable bonds is 5. The predicted molar refractivity (Wildman–Crippen MR) is 115 cm³/mol. The van der Waals surface area contributed by atoms with Crippen LogP contribution in [-0.2, 0) is 13.0 Å². The molecule has 5 rings (SSSR count). The Labute approximate surface area is 176 Å². The summed E-state index contributed by atoms with van der Waals surface area (Å²) in [6.07, 6.45) is 8.90. The fourth-order valence-electron chi connectivity index (χ4n) is 3.26. The van der Waals surface area contributed by atoms with Gasteiger partial charge in [-0.05, 0) is 36.3 Å². The number of H-pyrrole nitrogens is 1. The SMILES string of the molecule is O=C(NCc1nc(C2=CC=NC=CC2)n[nH]1)c1csc(-c2ccc3c(c2)CCO3)n1. The molecule has 9 heteroatoms. The monoisotopic (exact) mass is 418 g/mol. The van der Waals surface area contributed by atoms with Gasteiger partial charge < -0.3 is 10.1 Å². The number of nitrogens with one attached hydrogen (secondary N) is 2. The van der Waals surface area contributed by atoms with E-state index in [-0.39, 0.29) is 12.5 Å². The Bertz CT molecular complexity index is 1190. The van der Waals surface area contributed by atoms with E-state index in [1.807, 2.05) is 24.3 Å². The number of carbonyl (C=O) groups excluding carboxylic acids is 1. The lowest BCUT2D eigenvalue weighted by Gasteiger charge is -2.01. The van der Waals surface area contributed by atoms with Crippen molar-refractivity contribution in [1.29, 1.82) is 0 Å². The molecule has 0 aliphatic carbocycles. The summed E-state index contributed by atoms with van der Waals surface area (Å²) in [5, 5.41) is 12.5. The van der Waals surface area contributed by atoms with Crippen LogP contribution in [0.2, 0.25) is 0 Å². The van der Waals surface area contributed by atoms with Crippen LogP contribution in [0.3, 0.4) is 0 Å². The van der Waals surface area contributed by atoms with Crippen molar-refractivity contribution in [3.05, 3.63) is 64.8 Å². The van der Waals surface area contributed by atoms with E-state index in [0.29, 0.717) is 23.8 Å². The second-order valence-corrected chi connectivity index (χ2v) is 7.68. The number of allylic oxidation sites excluding steroid dienone is 3. The summed E-state index contributed by atoms with van der Waals surface area (Å²) in [5.41, 5.74) is 3.53. The van der Waals surface area contributed by atoms with Crippen molar-refractivity contribution >= 4 is 29.0 Å². The summed E-state index contributed by atoms with van der Waals surface area (Å²) in [7, 11) is 0. The van der Waals surface area contributed by atoms with Crippen LogP contribution in [-0.4, -0.2) is 38.9 Å². The number of hydrogen-bond acceptors (Lipinski definition) is 7. The number of ether oxygens (including phenoxy) is 1. The van der Waals surface area contributed by atoms with Gasteiger partial charge in [-0.25, -0.2) is 9.97 Å². The van der Waals surface area contributed by atoms with E-state index >= 15 is 0 Å². The van der Waals surface area contributed by atoms with Gasteiger partial charge in [0.2, 0.25) is 0 Å². The molecule has 0 unspecified atom stereocenters. The second-order valence-electron chi connectivity index (χ2n) is 6.83. The van der Waals surface area contributed by atoms with Crippen molar-refractivity contribution in [2.45, 2.75) is 19.4 Å². The maximum absolute atomic E-state index is 12.5. The lowest BCUT2D eigenvalue weighted by atomic mass is 10.1. The van der Waals surface area contributed by atoms with Gasteiger partial charge in [0.1, 0.15) is 22.3 Å². The minimum Gasteiger partial charge on any atom is -0.493 e. The molecule has 0 saturated carbocycles. The Hall–Kier alpha value is -3.59. The molecule has 3 aromatic rings. The molecule has 2 aliphatic heterocycles. The fourth-order valence-corrected chi connectivity index (χ4v) is 4.06. The zero-order valence-electron chi connectivity index (χ0n) is 16.0. The van der Waals surface area contributed by atoms with Gasteiger partial charge in [-0.3, -0.25) is 14.9 Å². The Kier molecular flexibility index (Phi) is 4.94. The lowest BCUT2D eigenvalue weighted by Crippen LogP contribution is -2.23. The van der Waals surface area contributed by atoms with E-state index in [1.54, 1.807) is 17.8 Å². The molecule has 0 spiro atoms. The van der Waals surface area contributed by atoms with Crippen molar-refractivity contribution in [1.82, 2.24) is 25.5 Å². The molecule has 2 aliphatic rings. The molecule has 4 heterocycles. The Morgan fingerprint density at radius 3 is 3.23 bits per heavy atom. The number of benzene rings is 1. The van der Waals surface area contributed by atoms with Gasteiger partial charge in [-0.15, -0.1) is 11.3 Å². The van der Waals surface area contributed by atoms with Crippen LogP contribution in [0.15, 0.2) is 46.9 Å². The first-order chi connectivity index (χ1) is 14.8. The van der Waals surface area contributed by atoms with E-state index in [2.05, 4.69) is 36.5 Å². The second kappa shape index (κ2) is 8.03. The first-order valence-electron chi connectivity index (χ1n) is 9.55.